The molecule has 0 spiro atoms. The molecule has 1 aliphatic rings. The highest BCUT2D eigenvalue weighted by atomic mass is 35.5. The summed E-state index contributed by atoms with van der Waals surface area (Å²) in [5.41, 5.74) is 0.542. The molecule has 1 heterocycles. The summed E-state index contributed by atoms with van der Waals surface area (Å²) < 4.78 is 0. The predicted octanol–water partition coefficient (Wildman–Crippen LogP) is 3.69. The molecule has 1 aromatic rings. The molecule has 5 heteroatoms. The minimum Gasteiger partial charge on any atom is -0.318 e. The van der Waals surface area contributed by atoms with E-state index in [0.29, 0.717) is 5.02 Å². The number of nitrogens with zero attached hydrogens (tertiary/aromatic N) is 1. The first-order valence-corrected chi connectivity index (χ1v) is 9.05. The van der Waals surface area contributed by atoms with Crippen LogP contribution in [0.5, 0.6) is 0 Å². The third-order valence-electron chi connectivity index (χ3n) is 4.19. The third-order valence-corrected chi connectivity index (χ3v) is 5.25. The maximum absolute atomic E-state index is 12.9. The second kappa shape index (κ2) is 6.59. The molecule has 21 heavy (non-hydrogen) atoms. The van der Waals surface area contributed by atoms with Gasteiger partial charge in [0.2, 0.25) is 5.91 Å². The van der Waals surface area contributed by atoms with Gasteiger partial charge in [-0.25, -0.2) is 0 Å². The highest BCUT2D eigenvalue weighted by molar-refractivity contribution is 7.98. The van der Waals surface area contributed by atoms with E-state index in [1.54, 1.807) is 11.8 Å². The second-order valence-electron chi connectivity index (χ2n) is 5.80. The van der Waals surface area contributed by atoms with Crippen molar-refractivity contribution in [2.75, 3.05) is 12.0 Å². The average Bonchev–Trinajstić information content (AvgIpc) is 2.72. The summed E-state index contributed by atoms with van der Waals surface area (Å²) in [6.07, 6.45) is 2.73. The molecule has 0 bridgehead atoms. The molecule has 3 unspecified atom stereocenters. The summed E-state index contributed by atoms with van der Waals surface area (Å²) in [6.45, 7) is 6.14. The molecular formula is C16H23ClN2OS. The lowest BCUT2D eigenvalue weighted by atomic mass is 9.99. The third kappa shape index (κ3) is 3.22. The summed E-state index contributed by atoms with van der Waals surface area (Å²) in [4.78, 5) is 14.8. The van der Waals surface area contributed by atoms with Gasteiger partial charge in [0.05, 0.1) is 5.54 Å². The van der Waals surface area contributed by atoms with E-state index < -0.39 is 5.54 Å². The van der Waals surface area contributed by atoms with E-state index in [2.05, 4.69) is 18.5 Å². The Balaban J connectivity index is 2.39. The Bertz CT molecular complexity index is 525. The van der Waals surface area contributed by atoms with Gasteiger partial charge in [0.25, 0.3) is 0 Å². The van der Waals surface area contributed by atoms with Crippen LogP contribution >= 0.6 is 23.4 Å². The van der Waals surface area contributed by atoms with E-state index in [0.717, 1.165) is 17.7 Å². The molecule has 1 saturated heterocycles. The first kappa shape index (κ1) is 16.7. The Labute approximate surface area is 136 Å². The van der Waals surface area contributed by atoms with Gasteiger partial charge in [0.1, 0.15) is 6.17 Å². The molecule has 1 aromatic carbocycles. The summed E-state index contributed by atoms with van der Waals surface area (Å²) in [5.74, 6) is 1.10. The van der Waals surface area contributed by atoms with Gasteiger partial charge in [-0.1, -0.05) is 30.7 Å². The van der Waals surface area contributed by atoms with E-state index in [1.807, 2.05) is 43.0 Å². The van der Waals surface area contributed by atoms with Gasteiger partial charge < -0.3 is 4.90 Å². The normalized spacial score (nSPS) is 27.2. The molecule has 0 saturated carbocycles. The van der Waals surface area contributed by atoms with E-state index in [9.17, 15) is 4.79 Å². The van der Waals surface area contributed by atoms with E-state index in [4.69, 9.17) is 11.6 Å². The minimum atomic E-state index is -0.500. The molecule has 0 radical (unpaired) electrons. The molecule has 3 atom stereocenters. The fourth-order valence-electron chi connectivity index (χ4n) is 2.79. The van der Waals surface area contributed by atoms with Crippen LogP contribution in [-0.4, -0.2) is 34.4 Å². The van der Waals surface area contributed by atoms with Crippen LogP contribution in [0.2, 0.25) is 5.02 Å². The van der Waals surface area contributed by atoms with Crippen LogP contribution < -0.4 is 5.32 Å². The fourth-order valence-corrected chi connectivity index (χ4v) is 3.63. The Morgan fingerprint density at radius 1 is 1.52 bits per heavy atom. The van der Waals surface area contributed by atoms with Gasteiger partial charge in [-0.05, 0) is 44.2 Å². The van der Waals surface area contributed by atoms with Crippen molar-refractivity contribution < 1.29 is 4.79 Å². The molecule has 0 aromatic heterocycles. The number of nitrogens with one attached hydrogen (secondary N) is 1. The Morgan fingerprint density at radius 3 is 2.81 bits per heavy atom. The lowest BCUT2D eigenvalue weighted by Gasteiger charge is -2.30. The van der Waals surface area contributed by atoms with Crippen LogP contribution in [0.4, 0.5) is 0 Å². The number of carbonyl (C=O) groups excluding carboxylic acids is 1. The van der Waals surface area contributed by atoms with Crippen LogP contribution in [0.1, 0.15) is 38.9 Å². The minimum absolute atomic E-state index is 0.108. The maximum Gasteiger partial charge on any atom is 0.244 e. The maximum atomic E-state index is 12.9. The highest BCUT2D eigenvalue weighted by Gasteiger charge is 2.48. The highest BCUT2D eigenvalue weighted by Crippen LogP contribution is 2.35. The lowest BCUT2D eigenvalue weighted by Crippen LogP contribution is -2.44. The number of thioether (sulfide) groups is 1. The van der Waals surface area contributed by atoms with Crippen molar-refractivity contribution in [2.45, 2.75) is 44.9 Å². The fraction of sp³-hybridized carbons (Fsp3) is 0.562. The molecule has 1 N–H and O–H groups in total. The summed E-state index contributed by atoms with van der Waals surface area (Å²) in [5, 5.41) is 4.21. The Hall–Kier alpha value is -0.710. The van der Waals surface area contributed by atoms with Gasteiger partial charge in [0, 0.05) is 16.8 Å². The molecule has 2 rings (SSSR count). The van der Waals surface area contributed by atoms with Crippen molar-refractivity contribution in [2.24, 2.45) is 0 Å². The number of amides is 1. The van der Waals surface area contributed by atoms with Gasteiger partial charge >= 0.3 is 0 Å². The van der Waals surface area contributed by atoms with Crippen molar-refractivity contribution in [1.82, 2.24) is 10.2 Å². The summed E-state index contributed by atoms with van der Waals surface area (Å²) >= 11 is 7.88. The van der Waals surface area contributed by atoms with Gasteiger partial charge in [0.15, 0.2) is 0 Å². The van der Waals surface area contributed by atoms with Gasteiger partial charge in [-0.3, -0.25) is 10.1 Å². The van der Waals surface area contributed by atoms with Crippen LogP contribution in [0.3, 0.4) is 0 Å². The lowest BCUT2D eigenvalue weighted by molar-refractivity contribution is -0.134. The average molecular weight is 327 g/mol. The topological polar surface area (TPSA) is 32.3 Å². The Kier molecular flexibility index (Phi) is 5.23. The zero-order valence-electron chi connectivity index (χ0n) is 13.0. The van der Waals surface area contributed by atoms with Crippen molar-refractivity contribution in [3.8, 4) is 0 Å². The number of halogens is 1. The first-order valence-electron chi connectivity index (χ1n) is 7.28. The molecule has 1 aliphatic heterocycles. The van der Waals surface area contributed by atoms with Crippen molar-refractivity contribution in [1.29, 1.82) is 0 Å². The predicted molar refractivity (Wildman–Crippen MR) is 90.7 cm³/mol. The SMILES string of the molecule is CCC1(C)NC(c2cccc(Cl)c2)N(C(C)CSC)C1=O. The second-order valence-corrected chi connectivity index (χ2v) is 7.15. The molecule has 1 fully saturated rings. The summed E-state index contributed by atoms with van der Waals surface area (Å²) in [6, 6.07) is 7.93. The number of hydrogen-bond acceptors (Lipinski definition) is 3. The van der Waals surface area contributed by atoms with Gasteiger partial charge in [-0.2, -0.15) is 11.8 Å². The van der Waals surface area contributed by atoms with E-state index in [1.165, 1.54) is 0 Å². The van der Waals surface area contributed by atoms with Crippen molar-refractivity contribution in [3.05, 3.63) is 34.9 Å². The monoisotopic (exact) mass is 326 g/mol. The number of hydrogen-bond donors (Lipinski definition) is 1. The van der Waals surface area contributed by atoms with Crippen molar-refractivity contribution in [3.63, 3.8) is 0 Å². The standard InChI is InChI=1S/C16H23ClN2OS/c1-5-16(3)15(20)19(11(2)10-21-4)14(18-16)12-7-6-8-13(17)9-12/h6-9,11,14,18H,5,10H2,1-4H3. The molecule has 3 nitrogen and oxygen atoms in total. The molecule has 116 valence electrons. The zero-order valence-corrected chi connectivity index (χ0v) is 14.6. The van der Waals surface area contributed by atoms with E-state index in [-0.39, 0.29) is 18.1 Å². The Morgan fingerprint density at radius 2 is 2.24 bits per heavy atom. The van der Waals surface area contributed by atoms with E-state index >= 15 is 0 Å². The van der Waals surface area contributed by atoms with Crippen LogP contribution in [0.15, 0.2) is 24.3 Å². The molecular weight excluding hydrogens is 304 g/mol. The smallest absolute Gasteiger partial charge is 0.244 e. The zero-order chi connectivity index (χ0) is 15.6. The van der Waals surface area contributed by atoms with Crippen molar-refractivity contribution >= 4 is 29.3 Å². The molecule has 1 amide bonds. The largest absolute Gasteiger partial charge is 0.318 e. The van der Waals surface area contributed by atoms with Gasteiger partial charge in [-0.15, -0.1) is 0 Å². The summed E-state index contributed by atoms with van der Waals surface area (Å²) in [7, 11) is 0. The quantitative estimate of drug-likeness (QED) is 0.895. The van der Waals surface area contributed by atoms with Crippen LogP contribution in [0, 0.1) is 0 Å². The molecule has 0 aliphatic carbocycles. The number of carbonyl (C=O) groups is 1. The number of rotatable bonds is 5. The first-order chi connectivity index (χ1) is 9.92. The van der Waals surface area contributed by atoms with Crippen LogP contribution in [-0.2, 0) is 4.79 Å². The van der Waals surface area contributed by atoms with Crippen LogP contribution in [0.25, 0.3) is 0 Å². The number of benzene rings is 1.